The van der Waals surface area contributed by atoms with Crippen LogP contribution in [0.15, 0.2) is 36.4 Å². The lowest BCUT2D eigenvalue weighted by Crippen LogP contribution is -2.36. The van der Waals surface area contributed by atoms with Crippen LogP contribution in [0.25, 0.3) is 0 Å². The van der Waals surface area contributed by atoms with Crippen molar-refractivity contribution in [2.75, 3.05) is 0 Å². The van der Waals surface area contributed by atoms with E-state index in [2.05, 4.69) is 29.5 Å². The van der Waals surface area contributed by atoms with Crippen molar-refractivity contribution in [3.63, 3.8) is 0 Å². The molecule has 0 amide bonds. The maximum atomic E-state index is 11.2. The van der Waals surface area contributed by atoms with Crippen molar-refractivity contribution < 1.29 is 39.4 Å². The molecule has 47 heavy (non-hydrogen) atoms. The quantitative estimate of drug-likeness (QED) is 0.0672. The fourth-order valence-corrected chi connectivity index (χ4v) is 7.23. The number of aliphatic hydroxyl groups is 2. The average molecular weight is 789 g/mol. The summed E-state index contributed by atoms with van der Waals surface area (Å²) in [5, 5.41) is 42.9. The van der Waals surface area contributed by atoms with Crippen LogP contribution in [0.4, 0.5) is 0 Å². The number of aliphatic hydroxyl groups excluding tert-OH is 2. The lowest BCUT2D eigenvalue weighted by molar-refractivity contribution is -0.254. The predicted octanol–water partition coefficient (Wildman–Crippen LogP) is 9.17. The first-order chi connectivity index (χ1) is 22.7. The van der Waals surface area contributed by atoms with E-state index in [0.717, 1.165) is 74.2 Å². The average Bonchev–Trinajstić information content (AvgIpc) is 3.06. The van der Waals surface area contributed by atoms with Crippen LogP contribution < -0.4 is 0 Å². The molecule has 2 fully saturated rings. The highest BCUT2D eigenvalue weighted by atomic mass is 127. The van der Waals surface area contributed by atoms with Gasteiger partial charge in [-0.05, 0) is 93.7 Å². The number of phenols is 2. The van der Waals surface area contributed by atoms with Crippen LogP contribution in [0, 0.1) is 0 Å². The highest BCUT2D eigenvalue weighted by Crippen LogP contribution is 2.40. The fraction of sp³-hybridized carbons (Fsp3) is 0.676. The summed E-state index contributed by atoms with van der Waals surface area (Å²) in [5.41, 5.74) is 2.25. The highest BCUT2D eigenvalue weighted by molar-refractivity contribution is 14.1. The molecule has 2 aliphatic heterocycles. The third-order valence-electron chi connectivity index (χ3n) is 9.32. The van der Waals surface area contributed by atoms with E-state index in [0.29, 0.717) is 41.8 Å². The van der Waals surface area contributed by atoms with E-state index in [4.69, 9.17) is 30.5 Å². The zero-order valence-electron chi connectivity index (χ0n) is 27.9. The molecule has 4 N–H and O–H groups in total. The normalized spacial score (nSPS) is 26.3. The van der Waals surface area contributed by atoms with Crippen LogP contribution >= 0.6 is 34.2 Å². The van der Waals surface area contributed by atoms with Crippen molar-refractivity contribution in [2.45, 2.75) is 157 Å². The Hall–Kier alpha value is -1.18. The number of halogens is 2. The minimum atomic E-state index is -0.738. The summed E-state index contributed by atoms with van der Waals surface area (Å²) in [6.45, 7) is 4.17. The number of alkyl halides is 1. The highest BCUT2D eigenvalue weighted by Gasteiger charge is 2.35. The van der Waals surface area contributed by atoms with Crippen molar-refractivity contribution in [1.29, 1.82) is 0 Å². The standard InChI is InChI=1S/C37H54ClIO8/c1-3-5-6-11-28-22-31(47-36(44-28)32-18-24(23-39)14-16-34(32)42)20-27(41)10-8-13-30-21-29(12-7-9-26(40)4-2)45-37(46-30)33-19-25(38)15-17-35(33)43/h14-19,26-31,36-37,40-43H,3-13,20-23H2,1-2H3. The van der Waals surface area contributed by atoms with E-state index in [1.165, 1.54) is 0 Å². The molecule has 2 aromatic carbocycles. The van der Waals surface area contributed by atoms with Gasteiger partial charge in [0.15, 0.2) is 12.6 Å². The van der Waals surface area contributed by atoms with Crippen LogP contribution in [0.2, 0.25) is 5.02 Å². The fourth-order valence-electron chi connectivity index (χ4n) is 6.57. The van der Waals surface area contributed by atoms with E-state index in [1.54, 1.807) is 24.3 Å². The molecule has 8 unspecified atom stereocenters. The topological polar surface area (TPSA) is 118 Å². The Bertz CT molecular complexity index is 1220. The molecule has 0 spiro atoms. The van der Waals surface area contributed by atoms with E-state index in [1.807, 2.05) is 19.1 Å². The second-order valence-electron chi connectivity index (χ2n) is 13.2. The maximum Gasteiger partial charge on any atom is 0.188 e. The molecule has 2 aliphatic rings. The summed E-state index contributed by atoms with van der Waals surface area (Å²) >= 11 is 8.55. The predicted molar refractivity (Wildman–Crippen MR) is 192 cm³/mol. The van der Waals surface area contributed by atoms with Gasteiger partial charge in [-0.15, -0.1) is 0 Å². The Morgan fingerprint density at radius 3 is 1.85 bits per heavy atom. The number of benzene rings is 2. The van der Waals surface area contributed by atoms with Gasteiger partial charge in [-0.1, -0.05) is 73.4 Å². The van der Waals surface area contributed by atoms with E-state index >= 15 is 0 Å². The molecular formula is C37H54ClIO8. The minimum Gasteiger partial charge on any atom is -0.507 e. The summed E-state index contributed by atoms with van der Waals surface area (Å²) in [7, 11) is 0. The zero-order valence-corrected chi connectivity index (χ0v) is 30.8. The van der Waals surface area contributed by atoms with Crippen LogP contribution in [0.5, 0.6) is 11.5 Å². The minimum absolute atomic E-state index is 0.00556. The lowest BCUT2D eigenvalue weighted by Gasteiger charge is -2.37. The second kappa shape index (κ2) is 19.9. The van der Waals surface area contributed by atoms with Gasteiger partial charge in [0.05, 0.1) is 42.2 Å². The third-order valence-corrected chi connectivity index (χ3v) is 10.4. The third kappa shape index (κ3) is 12.3. The molecule has 4 rings (SSSR count). The largest absolute Gasteiger partial charge is 0.507 e. The molecule has 8 atom stereocenters. The Balaban J connectivity index is 1.34. The van der Waals surface area contributed by atoms with Gasteiger partial charge in [-0.25, -0.2) is 0 Å². The van der Waals surface area contributed by atoms with Gasteiger partial charge in [-0.2, -0.15) is 0 Å². The van der Waals surface area contributed by atoms with Crippen LogP contribution in [0.1, 0.15) is 133 Å². The molecule has 10 heteroatoms. The number of aromatic hydroxyl groups is 2. The van der Waals surface area contributed by atoms with E-state index < -0.39 is 18.7 Å². The van der Waals surface area contributed by atoms with E-state index in [-0.39, 0.29) is 42.0 Å². The molecule has 2 saturated heterocycles. The smallest absolute Gasteiger partial charge is 0.188 e. The van der Waals surface area contributed by atoms with Gasteiger partial charge < -0.3 is 39.4 Å². The number of rotatable bonds is 18. The first kappa shape index (κ1) is 38.6. The monoisotopic (exact) mass is 788 g/mol. The summed E-state index contributed by atoms with van der Waals surface area (Å²) in [4.78, 5) is 0. The maximum absolute atomic E-state index is 11.2. The molecule has 0 aliphatic carbocycles. The Morgan fingerprint density at radius 2 is 1.26 bits per heavy atom. The molecule has 2 aromatic rings. The number of hydrogen-bond acceptors (Lipinski definition) is 8. The summed E-state index contributed by atoms with van der Waals surface area (Å²) in [6, 6.07) is 10.4. The number of unbranched alkanes of at least 4 members (excludes halogenated alkanes) is 2. The number of ether oxygens (including phenoxy) is 4. The van der Waals surface area contributed by atoms with Crippen molar-refractivity contribution in [3.05, 3.63) is 58.1 Å². The van der Waals surface area contributed by atoms with Crippen molar-refractivity contribution in [2.24, 2.45) is 0 Å². The molecule has 0 radical (unpaired) electrons. The molecule has 0 bridgehead atoms. The van der Waals surface area contributed by atoms with Crippen molar-refractivity contribution in [3.8, 4) is 11.5 Å². The molecule has 2 heterocycles. The summed E-state index contributed by atoms with van der Waals surface area (Å²) in [6.07, 6.45) is 8.72. The number of phenolic OH excluding ortho intramolecular Hbond substituents is 2. The van der Waals surface area contributed by atoms with Crippen molar-refractivity contribution in [1.82, 2.24) is 0 Å². The zero-order chi connectivity index (χ0) is 33.8. The molecular weight excluding hydrogens is 735 g/mol. The second-order valence-corrected chi connectivity index (χ2v) is 14.4. The first-order valence-corrected chi connectivity index (χ1v) is 19.4. The molecule has 0 aromatic heterocycles. The van der Waals surface area contributed by atoms with Crippen LogP contribution in [-0.4, -0.2) is 57.0 Å². The van der Waals surface area contributed by atoms with Crippen molar-refractivity contribution >= 4 is 34.2 Å². The Labute approximate surface area is 299 Å². The Kier molecular flexibility index (Phi) is 16.3. The van der Waals surface area contributed by atoms with Gasteiger partial charge in [-0.3, -0.25) is 0 Å². The summed E-state index contributed by atoms with van der Waals surface area (Å²) < 4.78 is 26.2. The van der Waals surface area contributed by atoms with Crippen LogP contribution in [-0.2, 0) is 23.4 Å². The Morgan fingerprint density at radius 1 is 0.723 bits per heavy atom. The van der Waals surface area contributed by atoms with E-state index in [9.17, 15) is 20.4 Å². The molecule has 264 valence electrons. The SMILES string of the molecule is CCCCCC1CC(CC(O)CCCC2CC(CCCC(O)CC)OC(c3cc(Cl)ccc3O)O2)OC(c2cc(CI)ccc2O)O1. The van der Waals surface area contributed by atoms with Crippen LogP contribution in [0.3, 0.4) is 0 Å². The van der Waals surface area contributed by atoms with Gasteiger partial charge in [0.1, 0.15) is 11.5 Å². The molecule has 8 nitrogen and oxygen atoms in total. The van der Waals surface area contributed by atoms with Gasteiger partial charge >= 0.3 is 0 Å². The molecule has 0 saturated carbocycles. The summed E-state index contributed by atoms with van der Waals surface area (Å²) in [5.74, 6) is 0.241. The van der Waals surface area contributed by atoms with Gasteiger partial charge in [0.2, 0.25) is 0 Å². The van der Waals surface area contributed by atoms with Gasteiger partial charge in [0.25, 0.3) is 0 Å². The van der Waals surface area contributed by atoms with Gasteiger partial charge in [0, 0.05) is 27.9 Å². The lowest BCUT2D eigenvalue weighted by atomic mass is 9.95. The number of hydrogen-bond donors (Lipinski definition) is 4. The first-order valence-electron chi connectivity index (χ1n) is 17.5.